The molecule has 0 bridgehead atoms. The molecule has 0 unspecified atom stereocenters. The topological polar surface area (TPSA) is 21.3 Å². The summed E-state index contributed by atoms with van der Waals surface area (Å²) in [6, 6.07) is 4.18. The minimum Gasteiger partial charge on any atom is -0.489 e. The van der Waals surface area contributed by atoms with Crippen molar-refractivity contribution in [2.24, 2.45) is 5.92 Å². The van der Waals surface area contributed by atoms with Crippen LogP contribution in [0, 0.1) is 12.8 Å². The Kier molecular flexibility index (Phi) is 6.44. The van der Waals surface area contributed by atoms with E-state index in [0.29, 0.717) is 12.5 Å². The normalized spacial score (nSPS) is 10.7. The van der Waals surface area contributed by atoms with Crippen LogP contribution in [0.5, 0.6) is 5.75 Å². The predicted octanol–water partition coefficient (Wildman–Crippen LogP) is 4.07. The van der Waals surface area contributed by atoms with Gasteiger partial charge < -0.3 is 10.1 Å². The lowest BCUT2D eigenvalue weighted by atomic mass is 10.1. The number of nitrogens with one attached hydrogen (secondary N) is 1. The van der Waals surface area contributed by atoms with Crippen LogP contribution in [0.3, 0.4) is 0 Å². The van der Waals surface area contributed by atoms with E-state index >= 15 is 0 Å². The average molecular weight is 312 g/mol. The van der Waals surface area contributed by atoms with Crippen molar-refractivity contribution >= 4 is 15.9 Å². The standard InChI is InChI=1S/C15H22BrNO/c1-5-6-18-15-12(4)7-14(16)8-13(15)10-17-9-11(2)3/h5,7-8,11,17H,1,6,9-10H2,2-4H3. The summed E-state index contributed by atoms with van der Waals surface area (Å²) in [5.41, 5.74) is 2.33. The van der Waals surface area contributed by atoms with Gasteiger partial charge in [0.15, 0.2) is 0 Å². The van der Waals surface area contributed by atoms with E-state index in [1.807, 2.05) is 0 Å². The molecule has 0 aliphatic rings. The molecule has 0 spiro atoms. The molecule has 0 amide bonds. The summed E-state index contributed by atoms with van der Waals surface area (Å²) in [5, 5.41) is 3.45. The molecule has 1 aromatic rings. The third-order valence-electron chi connectivity index (χ3n) is 2.53. The van der Waals surface area contributed by atoms with Crippen molar-refractivity contribution in [3.8, 4) is 5.75 Å². The summed E-state index contributed by atoms with van der Waals surface area (Å²) in [7, 11) is 0. The summed E-state index contributed by atoms with van der Waals surface area (Å²) in [6.45, 7) is 12.5. The van der Waals surface area contributed by atoms with Crippen LogP contribution in [0.1, 0.15) is 25.0 Å². The predicted molar refractivity (Wildman–Crippen MR) is 81.1 cm³/mol. The largest absolute Gasteiger partial charge is 0.489 e. The highest BCUT2D eigenvalue weighted by Crippen LogP contribution is 2.28. The third-order valence-corrected chi connectivity index (χ3v) is 2.99. The molecule has 0 atom stereocenters. The van der Waals surface area contributed by atoms with Gasteiger partial charge in [0.1, 0.15) is 12.4 Å². The van der Waals surface area contributed by atoms with E-state index in [1.54, 1.807) is 6.08 Å². The van der Waals surface area contributed by atoms with Crippen LogP contribution >= 0.6 is 15.9 Å². The first kappa shape index (κ1) is 15.3. The Balaban J connectivity index is 2.81. The molecule has 2 nitrogen and oxygen atoms in total. The van der Waals surface area contributed by atoms with E-state index < -0.39 is 0 Å². The van der Waals surface area contributed by atoms with E-state index in [-0.39, 0.29) is 0 Å². The number of ether oxygens (including phenoxy) is 1. The monoisotopic (exact) mass is 311 g/mol. The number of hydrogen-bond donors (Lipinski definition) is 1. The highest BCUT2D eigenvalue weighted by molar-refractivity contribution is 9.10. The molecule has 0 heterocycles. The van der Waals surface area contributed by atoms with Crippen LogP contribution in [0.25, 0.3) is 0 Å². The Hall–Kier alpha value is -0.800. The summed E-state index contributed by atoms with van der Waals surface area (Å²) < 4.78 is 6.84. The Morgan fingerprint density at radius 2 is 2.17 bits per heavy atom. The Morgan fingerprint density at radius 3 is 2.78 bits per heavy atom. The molecule has 1 aromatic carbocycles. The highest BCUT2D eigenvalue weighted by Gasteiger charge is 2.08. The van der Waals surface area contributed by atoms with Crippen molar-refractivity contribution < 1.29 is 4.74 Å². The van der Waals surface area contributed by atoms with E-state index in [0.717, 1.165) is 28.9 Å². The number of rotatable bonds is 7. The molecule has 100 valence electrons. The van der Waals surface area contributed by atoms with E-state index in [2.05, 4.69) is 60.7 Å². The first-order valence-corrected chi connectivity index (χ1v) is 7.07. The lowest BCUT2D eigenvalue weighted by molar-refractivity contribution is 0.354. The highest BCUT2D eigenvalue weighted by atomic mass is 79.9. The van der Waals surface area contributed by atoms with E-state index in [9.17, 15) is 0 Å². The van der Waals surface area contributed by atoms with Crippen molar-refractivity contribution in [3.63, 3.8) is 0 Å². The molecule has 0 aromatic heterocycles. The maximum absolute atomic E-state index is 5.75. The van der Waals surface area contributed by atoms with Gasteiger partial charge in [0.2, 0.25) is 0 Å². The molecule has 18 heavy (non-hydrogen) atoms. The second kappa shape index (κ2) is 7.59. The number of halogens is 1. The second-order valence-corrected chi connectivity index (χ2v) is 5.75. The SMILES string of the molecule is C=CCOc1c(C)cc(Br)cc1CNCC(C)C. The molecule has 1 N–H and O–H groups in total. The lowest BCUT2D eigenvalue weighted by Crippen LogP contribution is -2.19. The molecule has 0 saturated carbocycles. The Morgan fingerprint density at radius 1 is 1.44 bits per heavy atom. The van der Waals surface area contributed by atoms with Crippen molar-refractivity contribution in [3.05, 3.63) is 40.4 Å². The van der Waals surface area contributed by atoms with Gasteiger partial charge in [0.25, 0.3) is 0 Å². The van der Waals surface area contributed by atoms with Gasteiger partial charge >= 0.3 is 0 Å². The van der Waals surface area contributed by atoms with Crippen molar-refractivity contribution in [1.29, 1.82) is 0 Å². The quantitative estimate of drug-likeness (QED) is 0.766. The first-order chi connectivity index (χ1) is 8.54. The van der Waals surface area contributed by atoms with Crippen LogP contribution in [0.4, 0.5) is 0 Å². The summed E-state index contributed by atoms with van der Waals surface area (Å²) in [5.74, 6) is 1.62. The molecular weight excluding hydrogens is 290 g/mol. The molecule has 0 saturated heterocycles. The van der Waals surface area contributed by atoms with Crippen LogP contribution in [-0.2, 0) is 6.54 Å². The van der Waals surface area contributed by atoms with Crippen molar-refractivity contribution in [2.75, 3.05) is 13.2 Å². The van der Waals surface area contributed by atoms with Gasteiger partial charge in [0, 0.05) is 16.6 Å². The van der Waals surface area contributed by atoms with Gasteiger partial charge in [-0.05, 0) is 37.1 Å². The van der Waals surface area contributed by atoms with Gasteiger partial charge in [-0.1, -0.05) is 42.4 Å². The summed E-state index contributed by atoms with van der Waals surface area (Å²) in [4.78, 5) is 0. The van der Waals surface area contributed by atoms with Gasteiger partial charge in [0.05, 0.1) is 0 Å². The van der Waals surface area contributed by atoms with Gasteiger partial charge in [-0.2, -0.15) is 0 Å². The third kappa shape index (κ3) is 4.83. The second-order valence-electron chi connectivity index (χ2n) is 4.84. The minimum absolute atomic E-state index is 0.541. The van der Waals surface area contributed by atoms with Gasteiger partial charge in [-0.3, -0.25) is 0 Å². The Bertz CT molecular complexity index is 402. The fraction of sp³-hybridized carbons (Fsp3) is 0.467. The number of aryl methyl sites for hydroxylation is 1. The summed E-state index contributed by atoms with van der Waals surface area (Å²) in [6.07, 6.45) is 1.77. The average Bonchev–Trinajstić information content (AvgIpc) is 2.27. The zero-order valence-corrected chi connectivity index (χ0v) is 13.0. The molecule has 3 heteroatoms. The van der Waals surface area contributed by atoms with Crippen LogP contribution in [0.15, 0.2) is 29.3 Å². The van der Waals surface area contributed by atoms with Crippen molar-refractivity contribution in [2.45, 2.75) is 27.3 Å². The van der Waals surface area contributed by atoms with E-state index in [4.69, 9.17) is 4.74 Å². The van der Waals surface area contributed by atoms with E-state index in [1.165, 1.54) is 5.56 Å². The molecule has 0 radical (unpaired) electrons. The maximum Gasteiger partial charge on any atom is 0.127 e. The zero-order valence-electron chi connectivity index (χ0n) is 11.4. The van der Waals surface area contributed by atoms with Crippen LogP contribution in [-0.4, -0.2) is 13.2 Å². The lowest BCUT2D eigenvalue weighted by Gasteiger charge is -2.15. The van der Waals surface area contributed by atoms with Crippen molar-refractivity contribution in [1.82, 2.24) is 5.32 Å². The number of hydrogen-bond acceptors (Lipinski definition) is 2. The molecule has 0 aliphatic heterocycles. The fourth-order valence-electron chi connectivity index (χ4n) is 1.77. The van der Waals surface area contributed by atoms with Crippen LogP contribution in [0.2, 0.25) is 0 Å². The zero-order chi connectivity index (χ0) is 13.5. The molecular formula is C15H22BrNO. The van der Waals surface area contributed by atoms with Crippen LogP contribution < -0.4 is 10.1 Å². The van der Waals surface area contributed by atoms with Gasteiger partial charge in [-0.15, -0.1) is 0 Å². The first-order valence-electron chi connectivity index (χ1n) is 6.28. The Labute approximate surface area is 119 Å². The molecule has 1 rings (SSSR count). The van der Waals surface area contributed by atoms with Gasteiger partial charge in [-0.25, -0.2) is 0 Å². The smallest absolute Gasteiger partial charge is 0.127 e. The number of benzene rings is 1. The molecule has 0 aliphatic carbocycles. The minimum atomic E-state index is 0.541. The molecule has 0 fully saturated rings. The maximum atomic E-state index is 5.75. The fourth-order valence-corrected chi connectivity index (χ4v) is 2.39. The summed E-state index contributed by atoms with van der Waals surface area (Å²) >= 11 is 3.53.